The molecule has 4 unspecified atom stereocenters. The van der Waals surface area contributed by atoms with Crippen LogP contribution in [0.15, 0.2) is 0 Å². The van der Waals surface area contributed by atoms with Crippen molar-refractivity contribution in [2.45, 2.75) is 51.0 Å². The van der Waals surface area contributed by atoms with Gasteiger partial charge in [-0.05, 0) is 50.4 Å². The molecule has 0 aromatic carbocycles. The van der Waals surface area contributed by atoms with Crippen molar-refractivity contribution in [1.82, 2.24) is 0 Å². The fraction of sp³-hybridized carbons (Fsp3) is 1.00. The molecule has 0 amide bonds. The van der Waals surface area contributed by atoms with E-state index >= 15 is 0 Å². The Balaban J connectivity index is 1.92. The highest BCUT2D eigenvalue weighted by Gasteiger charge is 2.43. The van der Waals surface area contributed by atoms with E-state index in [0.717, 1.165) is 12.3 Å². The second-order valence-corrected chi connectivity index (χ2v) is 5.45. The summed E-state index contributed by atoms with van der Waals surface area (Å²) in [5, 5.41) is 0. The highest BCUT2D eigenvalue weighted by molar-refractivity contribution is 4.95. The quantitative estimate of drug-likeness (QED) is 0.750. The molecule has 2 saturated carbocycles. The van der Waals surface area contributed by atoms with E-state index in [2.05, 4.69) is 0 Å². The van der Waals surface area contributed by atoms with Gasteiger partial charge in [0.2, 0.25) is 0 Å². The van der Waals surface area contributed by atoms with Gasteiger partial charge >= 0.3 is 0 Å². The van der Waals surface area contributed by atoms with Crippen LogP contribution in [0.1, 0.15) is 39.0 Å². The van der Waals surface area contributed by atoms with E-state index in [0.29, 0.717) is 18.3 Å². The van der Waals surface area contributed by atoms with E-state index in [1.165, 1.54) is 26.2 Å². The zero-order valence-electron chi connectivity index (χ0n) is 8.68. The molecule has 2 bridgehead atoms. The van der Waals surface area contributed by atoms with Crippen LogP contribution in [0, 0.1) is 17.8 Å². The molecule has 4 atom stereocenters. The third-order valence-electron chi connectivity index (χ3n) is 4.09. The number of rotatable bonds is 3. The van der Waals surface area contributed by atoms with Crippen LogP contribution in [0.3, 0.4) is 0 Å². The first kappa shape index (κ1) is 10.3. The molecule has 82 valence electrons. The summed E-state index contributed by atoms with van der Waals surface area (Å²) in [5.74, 6) is 1.98. The smallest absolute Gasteiger partial charge is 0.256 e. The first-order valence-electron chi connectivity index (χ1n) is 5.56. The van der Waals surface area contributed by atoms with Gasteiger partial charge in [-0.1, -0.05) is 6.42 Å². The zero-order valence-corrected chi connectivity index (χ0v) is 8.68. The Kier molecular flexibility index (Phi) is 2.54. The van der Waals surface area contributed by atoms with Crippen LogP contribution in [0.25, 0.3) is 0 Å². The molecule has 0 saturated heterocycles. The highest BCUT2D eigenvalue weighted by atomic mass is 19.3. The number of alkyl halides is 2. The van der Waals surface area contributed by atoms with E-state index in [4.69, 9.17) is 5.73 Å². The van der Waals surface area contributed by atoms with Crippen LogP contribution in [-0.4, -0.2) is 12.0 Å². The normalized spacial score (nSPS) is 40.5. The summed E-state index contributed by atoms with van der Waals surface area (Å²) in [7, 11) is 0. The van der Waals surface area contributed by atoms with Gasteiger partial charge in [0.05, 0.1) is 5.54 Å². The Morgan fingerprint density at radius 2 is 2.07 bits per heavy atom. The molecular formula is C11H19F2N. The minimum atomic E-state index is -2.39. The van der Waals surface area contributed by atoms with E-state index in [-0.39, 0.29) is 0 Å². The van der Waals surface area contributed by atoms with E-state index in [1.54, 1.807) is 0 Å². The maximum Gasteiger partial charge on any atom is 0.256 e. The Bertz CT molecular complexity index is 215. The molecule has 2 fully saturated rings. The number of hydrogen-bond donors (Lipinski definition) is 1. The molecule has 0 aliphatic heterocycles. The zero-order chi connectivity index (χ0) is 10.3. The van der Waals surface area contributed by atoms with Crippen LogP contribution >= 0.6 is 0 Å². The molecule has 3 heteroatoms. The molecule has 2 rings (SSSR count). The van der Waals surface area contributed by atoms with Gasteiger partial charge in [-0.15, -0.1) is 0 Å². The molecule has 2 N–H and O–H groups in total. The summed E-state index contributed by atoms with van der Waals surface area (Å²) in [4.78, 5) is 0. The van der Waals surface area contributed by atoms with E-state index in [9.17, 15) is 8.78 Å². The van der Waals surface area contributed by atoms with Crippen LogP contribution in [0.2, 0.25) is 0 Å². The molecular weight excluding hydrogens is 184 g/mol. The van der Waals surface area contributed by atoms with Crippen LogP contribution in [-0.2, 0) is 0 Å². The molecule has 14 heavy (non-hydrogen) atoms. The third-order valence-corrected chi connectivity index (χ3v) is 4.09. The molecule has 2 aliphatic rings. The lowest BCUT2D eigenvalue weighted by Crippen LogP contribution is -2.46. The molecule has 0 aromatic rings. The van der Waals surface area contributed by atoms with Crippen LogP contribution < -0.4 is 5.73 Å². The Hall–Kier alpha value is -0.180. The van der Waals surface area contributed by atoms with Crippen molar-refractivity contribution in [2.75, 3.05) is 0 Å². The summed E-state index contributed by atoms with van der Waals surface area (Å²) in [5.41, 5.74) is 4.35. The average molecular weight is 203 g/mol. The summed E-state index contributed by atoms with van der Waals surface area (Å²) in [6, 6.07) is 0. The monoisotopic (exact) mass is 203 g/mol. The van der Waals surface area contributed by atoms with Gasteiger partial charge in [-0.3, -0.25) is 0 Å². The molecule has 0 aromatic heterocycles. The van der Waals surface area contributed by atoms with Crippen molar-refractivity contribution < 1.29 is 8.78 Å². The lowest BCUT2D eigenvalue weighted by Gasteiger charge is -2.31. The van der Waals surface area contributed by atoms with Gasteiger partial charge in [0.1, 0.15) is 0 Å². The summed E-state index contributed by atoms with van der Waals surface area (Å²) >= 11 is 0. The number of fused-ring (bicyclic) bond motifs is 2. The molecule has 0 spiro atoms. The van der Waals surface area contributed by atoms with E-state index < -0.39 is 12.0 Å². The van der Waals surface area contributed by atoms with Gasteiger partial charge < -0.3 is 5.73 Å². The predicted molar refractivity (Wildman–Crippen MR) is 52.2 cm³/mol. The number of hydrogen-bond acceptors (Lipinski definition) is 1. The number of halogens is 2. The Morgan fingerprint density at radius 1 is 1.36 bits per heavy atom. The maximum absolute atomic E-state index is 12.6. The molecule has 0 radical (unpaired) electrons. The Labute approximate surface area is 84.0 Å². The topological polar surface area (TPSA) is 26.0 Å². The Morgan fingerprint density at radius 3 is 2.50 bits per heavy atom. The second-order valence-electron chi connectivity index (χ2n) is 5.45. The lowest BCUT2D eigenvalue weighted by atomic mass is 9.80. The fourth-order valence-corrected chi connectivity index (χ4v) is 3.28. The largest absolute Gasteiger partial charge is 0.321 e. The van der Waals surface area contributed by atoms with Crippen molar-refractivity contribution in [2.24, 2.45) is 23.5 Å². The SMILES string of the molecule is CC(N)(CC1CC2CCC1C2)C(F)F. The summed E-state index contributed by atoms with van der Waals surface area (Å²) < 4.78 is 25.2. The molecule has 0 heterocycles. The summed E-state index contributed by atoms with van der Waals surface area (Å²) in [6.07, 6.45) is 3.09. The first-order valence-corrected chi connectivity index (χ1v) is 5.56. The molecule has 2 aliphatic carbocycles. The van der Waals surface area contributed by atoms with Crippen molar-refractivity contribution in [3.05, 3.63) is 0 Å². The van der Waals surface area contributed by atoms with Crippen LogP contribution in [0.5, 0.6) is 0 Å². The lowest BCUT2D eigenvalue weighted by molar-refractivity contribution is 0.0430. The maximum atomic E-state index is 12.6. The molecule has 1 nitrogen and oxygen atoms in total. The predicted octanol–water partition coefficient (Wildman–Crippen LogP) is 2.80. The minimum Gasteiger partial charge on any atom is -0.321 e. The van der Waals surface area contributed by atoms with Crippen molar-refractivity contribution in [3.63, 3.8) is 0 Å². The summed E-state index contributed by atoms with van der Waals surface area (Å²) in [6.45, 7) is 1.49. The van der Waals surface area contributed by atoms with Gasteiger partial charge in [-0.25, -0.2) is 8.78 Å². The number of nitrogens with two attached hydrogens (primary N) is 1. The van der Waals surface area contributed by atoms with Crippen LogP contribution in [0.4, 0.5) is 8.78 Å². The second kappa shape index (κ2) is 3.44. The highest BCUT2D eigenvalue weighted by Crippen LogP contribution is 2.50. The standard InChI is InChI=1S/C11H19F2N/c1-11(14,10(12)13)6-9-5-7-2-3-8(9)4-7/h7-10H,2-6,14H2,1H3. The fourth-order valence-electron chi connectivity index (χ4n) is 3.28. The van der Waals surface area contributed by atoms with Crippen molar-refractivity contribution in [1.29, 1.82) is 0 Å². The van der Waals surface area contributed by atoms with Crippen molar-refractivity contribution >= 4 is 0 Å². The van der Waals surface area contributed by atoms with Gasteiger partial charge in [-0.2, -0.15) is 0 Å². The van der Waals surface area contributed by atoms with Gasteiger partial charge in [0.15, 0.2) is 0 Å². The first-order chi connectivity index (χ1) is 6.49. The third kappa shape index (κ3) is 1.79. The van der Waals surface area contributed by atoms with E-state index in [1.807, 2.05) is 0 Å². The van der Waals surface area contributed by atoms with Gasteiger partial charge in [0, 0.05) is 0 Å². The average Bonchev–Trinajstić information content (AvgIpc) is 2.63. The van der Waals surface area contributed by atoms with Gasteiger partial charge in [0.25, 0.3) is 6.43 Å². The van der Waals surface area contributed by atoms with Crippen molar-refractivity contribution in [3.8, 4) is 0 Å². The minimum absolute atomic E-state index is 0.470.